The van der Waals surface area contributed by atoms with Crippen molar-refractivity contribution in [3.05, 3.63) is 82.8 Å². The molecule has 1 aliphatic rings. The van der Waals surface area contributed by atoms with E-state index in [-0.39, 0.29) is 39.8 Å². The molecule has 1 unspecified atom stereocenters. The molecule has 2 aromatic rings. The fraction of sp³-hybridized carbons (Fsp3) is 0.296. The predicted octanol–water partition coefficient (Wildman–Crippen LogP) is 2.29. The van der Waals surface area contributed by atoms with Gasteiger partial charge in [-0.25, -0.2) is 22.7 Å². The fourth-order valence-electron chi connectivity index (χ4n) is 4.16. The molecule has 1 aliphatic heterocycles. The highest BCUT2D eigenvalue weighted by atomic mass is 32.2. The SMILES string of the molecule is CCOCCCNS(=O)(=O)c1ccc(N2C(N)=C(C#N)C(c3ccccc3)C(C(=O)OC)=C2C(=O)OC)cc1. The van der Waals surface area contributed by atoms with Gasteiger partial charge in [0.1, 0.15) is 11.5 Å². The summed E-state index contributed by atoms with van der Waals surface area (Å²) < 4.78 is 43.2. The number of ether oxygens (including phenoxy) is 3. The number of sulfonamides is 1. The van der Waals surface area contributed by atoms with Gasteiger partial charge in [0, 0.05) is 25.4 Å². The Balaban J connectivity index is 2.12. The summed E-state index contributed by atoms with van der Waals surface area (Å²) in [4.78, 5) is 27.4. The lowest BCUT2D eigenvalue weighted by Crippen LogP contribution is -2.40. The Bertz CT molecular complexity index is 1410. The maximum atomic E-state index is 13.1. The van der Waals surface area contributed by atoms with E-state index in [1.165, 1.54) is 29.2 Å². The Kier molecular flexibility index (Phi) is 9.84. The van der Waals surface area contributed by atoms with Gasteiger partial charge < -0.3 is 19.9 Å². The van der Waals surface area contributed by atoms with Crippen LogP contribution in [0.2, 0.25) is 0 Å². The van der Waals surface area contributed by atoms with E-state index in [0.29, 0.717) is 25.2 Å². The van der Waals surface area contributed by atoms with Gasteiger partial charge in [0.15, 0.2) is 0 Å². The van der Waals surface area contributed by atoms with E-state index >= 15 is 0 Å². The molecule has 3 rings (SSSR count). The minimum atomic E-state index is -3.83. The zero-order valence-electron chi connectivity index (χ0n) is 21.8. The number of benzene rings is 2. The molecule has 11 nitrogen and oxygen atoms in total. The second kappa shape index (κ2) is 13.1. The number of nitrogens with zero attached hydrogens (tertiary/aromatic N) is 2. The van der Waals surface area contributed by atoms with Crippen molar-refractivity contribution in [2.45, 2.75) is 24.2 Å². The van der Waals surface area contributed by atoms with Crippen LogP contribution >= 0.6 is 0 Å². The van der Waals surface area contributed by atoms with Crippen LogP contribution < -0.4 is 15.4 Å². The van der Waals surface area contributed by atoms with Gasteiger partial charge in [-0.2, -0.15) is 5.26 Å². The lowest BCUT2D eigenvalue weighted by molar-refractivity contribution is -0.139. The van der Waals surface area contributed by atoms with E-state index in [9.17, 15) is 23.3 Å². The van der Waals surface area contributed by atoms with Crippen LogP contribution in [0.3, 0.4) is 0 Å². The lowest BCUT2D eigenvalue weighted by Gasteiger charge is -2.35. The number of allylic oxidation sites excluding steroid dienone is 1. The molecule has 1 atom stereocenters. The molecule has 0 amide bonds. The minimum Gasteiger partial charge on any atom is -0.466 e. The Labute approximate surface area is 227 Å². The molecule has 0 bridgehead atoms. The van der Waals surface area contributed by atoms with Gasteiger partial charge in [-0.3, -0.25) is 4.90 Å². The molecule has 12 heteroatoms. The molecule has 0 fully saturated rings. The van der Waals surface area contributed by atoms with Crippen LogP contribution in [0.15, 0.2) is 82.2 Å². The number of hydrogen-bond acceptors (Lipinski definition) is 10. The molecular weight excluding hydrogens is 524 g/mol. The second-order valence-electron chi connectivity index (χ2n) is 8.28. The first-order valence-electron chi connectivity index (χ1n) is 12.0. The number of nitrogens with one attached hydrogen (secondary N) is 1. The van der Waals surface area contributed by atoms with Gasteiger partial charge in [-0.15, -0.1) is 0 Å². The highest BCUT2D eigenvalue weighted by Gasteiger charge is 2.43. The highest BCUT2D eigenvalue weighted by molar-refractivity contribution is 7.89. The maximum absolute atomic E-state index is 13.1. The number of hydrogen-bond donors (Lipinski definition) is 2. The molecular formula is C27H30N4O7S. The molecule has 0 spiro atoms. The summed E-state index contributed by atoms with van der Waals surface area (Å²) in [5.74, 6) is -2.88. The normalized spacial score (nSPS) is 15.6. The average Bonchev–Trinajstić information content (AvgIpc) is 2.96. The van der Waals surface area contributed by atoms with Gasteiger partial charge in [0.05, 0.1) is 42.2 Å². The summed E-state index contributed by atoms with van der Waals surface area (Å²) in [6.07, 6.45) is 0.503. The van der Waals surface area contributed by atoms with Crippen LogP contribution in [-0.4, -0.2) is 54.3 Å². The first-order chi connectivity index (χ1) is 18.7. The highest BCUT2D eigenvalue weighted by Crippen LogP contribution is 2.43. The number of nitriles is 1. The van der Waals surface area contributed by atoms with E-state index in [4.69, 9.17) is 19.9 Å². The third kappa shape index (κ3) is 6.28. The Morgan fingerprint density at radius 2 is 1.69 bits per heavy atom. The molecule has 0 saturated carbocycles. The van der Waals surface area contributed by atoms with Gasteiger partial charge in [-0.1, -0.05) is 30.3 Å². The predicted molar refractivity (Wildman–Crippen MR) is 142 cm³/mol. The maximum Gasteiger partial charge on any atom is 0.355 e. The van der Waals surface area contributed by atoms with Crippen LogP contribution in [0.25, 0.3) is 0 Å². The summed E-state index contributed by atoms with van der Waals surface area (Å²) in [5.41, 5.74) is 6.83. The summed E-state index contributed by atoms with van der Waals surface area (Å²) in [7, 11) is -1.53. The van der Waals surface area contributed by atoms with Gasteiger partial charge in [0.25, 0.3) is 0 Å². The fourth-order valence-corrected chi connectivity index (χ4v) is 5.24. The number of carbonyl (C=O) groups excluding carboxylic acids is 2. The first kappa shape index (κ1) is 29.4. The number of carbonyl (C=O) groups is 2. The van der Waals surface area contributed by atoms with Crippen molar-refractivity contribution >= 4 is 27.6 Å². The third-order valence-electron chi connectivity index (χ3n) is 5.98. The second-order valence-corrected chi connectivity index (χ2v) is 10.0. The summed E-state index contributed by atoms with van der Waals surface area (Å²) >= 11 is 0. The van der Waals surface area contributed by atoms with Crippen molar-refractivity contribution in [2.75, 3.05) is 38.9 Å². The van der Waals surface area contributed by atoms with Crippen LogP contribution in [-0.2, 0) is 33.8 Å². The monoisotopic (exact) mass is 554 g/mol. The van der Waals surface area contributed by atoms with E-state index < -0.39 is 27.9 Å². The summed E-state index contributed by atoms with van der Waals surface area (Å²) in [6, 6.07) is 16.2. The molecule has 1 heterocycles. The molecule has 2 aromatic carbocycles. The third-order valence-corrected chi connectivity index (χ3v) is 7.45. The standard InChI is InChI=1S/C27H30N4O7S/c1-4-38-16-8-15-30-39(34,35)20-13-11-19(12-14-20)31-24(27(33)37-3)23(26(32)36-2)22(21(17-28)25(31)29)18-9-6-5-7-10-18/h5-7,9-14,22,30H,4,8,15-16,29H2,1-3H3. The Hall–Kier alpha value is -4.18. The van der Waals surface area contributed by atoms with Crippen molar-refractivity contribution in [1.29, 1.82) is 5.26 Å². The number of nitrogens with two attached hydrogens (primary N) is 1. The van der Waals surface area contributed by atoms with Crippen molar-refractivity contribution in [3.63, 3.8) is 0 Å². The van der Waals surface area contributed by atoms with Gasteiger partial charge in [0.2, 0.25) is 10.0 Å². The smallest absolute Gasteiger partial charge is 0.355 e. The number of rotatable bonds is 11. The molecule has 206 valence electrons. The first-order valence-corrected chi connectivity index (χ1v) is 13.5. The van der Waals surface area contributed by atoms with Gasteiger partial charge >= 0.3 is 11.9 Å². The van der Waals surface area contributed by atoms with Crippen molar-refractivity contribution in [2.24, 2.45) is 5.73 Å². The zero-order chi connectivity index (χ0) is 28.6. The van der Waals surface area contributed by atoms with E-state index in [2.05, 4.69) is 10.8 Å². The summed E-state index contributed by atoms with van der Waals surface area (Å²) in [6.45, 7) is 3.01. The quantitative estimate of drug-likeness (QED) is 0.311. The van der Waals surface area contributed by atoms with Crippen molar-refractivity contribution < 1.29 is 32.2 Å². The van der Waals surface area contributed by atoms with E-state index in [0.717, 1.165) is 14.2 Å². The van der Waals surface area contributed by atoms with E-state index in [1.807, 2.05) is 6.92 Å². The molecule has 0 saturated heterocycles. The van der Waals surface area contributed by atoms with Gasteiger partial charge in [-0.05, 0) is 43.2 Å². The molecule has 0 aromatic heterocycles. The largest absolute Gasteiger partial charge is 0.466 e. The lowest BCUT2D eigenvalue weighted by atomic mass is 9.81. The van der Waals surface area contributed by atoms with Crippen LogP contribution in [0.5, 0.6) is 0 Å². The Morgan fingerprint density at radius 1 is 1.05 bits per heavy atom. The number of anilines is 1. The number of methoxy groups -OCH3 is 2. The molecule has 0 aliphatic carbocycles. The molecule has 3 N–H and O–H groups in total. The molecule has 0 radical (unpaired) electrons. The van der Waals surface area contributed by atoms with Crippen LogP contribution in [0, 0.1) is 11.3 Å². The number of esters is 2. The average molecular weight is 555 g/mol. The topological polar surface area (TPSA) is 161 Å². The van der Waals surface area contributed by atoms with Crippen molar-refractivity contribution in [1.82, 2.24) is 4.72 Å². The summed E-state index contributed by atoms with van der Waals surface area (Å²) in [5, 5.41) is 10.1. The zero-order valence-corrected chi connectivity index (χ0v) is 22.7. The van der Waals surface area contributed by atoms with E-state index in [1.54, 1.807) is 30.3 Å². The Morgan fingerprint density at radius 3 is 2.26 bits per heavy atom. The van der Waals surface area contributed by atoms with Crippen LogP contribution in [0.1, 0.15) is 24.8 Å². The minimum absolute atomic E-state index is 0.00177. The van der Waals surface area contributed by atoms with Crippen molar-refractivity contribution in [3.8, 4) is 6.07 Å². The van der Waals surface area contributed by atoms with Crippen LogP contribution in [0.4, 0.5) is 5.69 Å². The molecule has 39 heavy (non-hydrogen) atoms.